The van der Waals surface area contributed by atoms with Gasteiger partial charge in [-0.3, -0.25) is 9.78 Å². The topological polar surface area (TPSA) is 60.5 Å². The summed E-state index contributed by atoms with van der Waals surface area (Å²) in [5.41, 5.74) is 1.12. The molecule has 0 saturated carbocycles. The SMILES string of the molecule is COc1ccc(C(C)NC(=O)c2cc(Cl)ccn2)c(OC)c1. The minimum Gasteiger partial charge on any atom is -0.497 e. The molecular weight excluding hydrogens is 304 g/mol. The van der Waals surface area contributed by atoms with Gasteiger partial charge in [-0.05, 0) is 31.2 Å². The fraction of sp³-hybridized carbons (Fsp3) is 0.250. The zero-order chi connectivity index (χ0) is 16.1. The van der Waals surface area contributed by atoms with Gasteiger partial charge < -0.3 is 14.8 Å². The van der Waals surface area contributed by atoms with Crippen LogP contribution in [0.5, 0.6) is 11.5 Å². The molecule has 2 aromatic rings. The predicted octanol–water partition coefficient (Wildman–Crippen LogP) is 3.24. The molecule has 22 heavy (non-hydrogen) atoms. The molecule has 2 rings (SSSR count). The Labute approximate surface area is 134 Å². The summed E-state index contributed by atoms with van der Waals surface area (Å²) in [5.74, 6) is 1.04. The molecule has 116 valence electrons. The average Bonchev–Trinajstić information content (AvgIpc) is 2.54. The molecule has 6 heteroatoms. The summed E-state index contributed by atoms with van der Waals surface area (Å²) >= 11 is 5.87. The predicted molar refractivity (Wildman–Crippen MR) is 84.7 cm³/mol. The summed E-state index contributed by atoms with van der Waals surface area (Å²) in [7, 11) is 3.16. The molecule has 1 atom stereocenters. The van der Waals surface area contributed by atoms with Crippen LogP contribution >= 0.6 is 11.6 Å². The molecule has 1 unspecified atom stereocenters. The number of rotatable bonds is 5. The first kappa shape index (κ1) is 16.1. The van der Waals surface area contributed by atoms with Gasteiger partial charge in [0.15, 0.2) is 0 Å². The van der Waals surface area contributed by atoms with Crippen LogP contribution < -0.4 is 14.8 Å². The van der Waals surface area contributed by atoms with Crippen LogP contribution in [0, 0.1) is 0 Å². The van der Waals surface area contributed by atoms with Crippen molar-refractivity contribution < 1.29 is 14.3 Å². The maximum absolute atomic E-state index is 12.2. The lowest BCUT2D eigenvalue weighted by Gasteiger charge is -2.18. The van der Waals surface area contributed by atoms with Crippen molar-refractivity contribution in [1.29, 1.82) is 0 Å². The monoisotopic (exact) mass is 320 g/mol. The van der Waals surface area contributed by atoms with E-state index in [1.165, 1.54) is 12.3 Å². The molecule has 1 N–H and O–H groups in total. The highest BCUT2D eigenvalue weighted by Crippen LogP contribution is 2.29. The zero-order valence-corrected chi connectivity index (χ0v) is 13.3. The maximum atomic E-state index is 12.2. The zero-order valence-electron chi connectivity index (χ0n) is 12.6. The number of nitrogens with zero attached hydrogens (tertiary/aromatic N) is 1. The third kappa shape index (κ3) is 3.68. The molecule has 0 aliphatic carbocycles. The summed E-state index contributed by atoms with van der Waals surface area (Å²) in [4.78, 5) is 16.2. The molecule has 1 aromatic carbocycles. The number of pyridine rings is 1. The smallest absolute Gasteiger partial charge is 0.270 e. The third-order valence-electron chi connectivity index (χ3n) is 3.21. The van der Waals surface area contributed by atoms with E-state index in [1.807, 2.05) is 19.1 Å². The quantitative estimate of drug-likeness (QED) is 0.918. The molecule has 0 radical (unpaired) electrons. The fourth-order valence-corrected chi connectivity index (χ4v) is 2.21. The second kappa shape index (κ2) is 7.13. The summed E-state index contributed by atoms with van der Waals surface area (Å²) in [6.45, 7) is 1.87. The Morgan fingerprint density at radius 1 is 1.23 bits per heavy atom. The number of carbonyl (C=O) groups excluding carboxylic acids is 1. The highest BCUT2D eigenvalue weighted by atomic mass is 35.5. The number of nitrogens with one attached hydrogen (secondary N) is 1. The first-order chi connectivity index (χ1) is 10.5. The minimum absolute atomic E-state index is 0.255. The second-order valence-electron chi connectivity index (χ2n) is 4.66. The molecule has 1 aromatic heterocycles. The fourth-order valence-electron chi connectivity index (χ4n) is 2.05. The van der Waals surface area contributed by atoms with Crippen LogP contribution in [-0.2, 0) is 0 Å². The van der Waals surface area contributed by atoms with Gasteiger partial charge in [-0.25, -0.2) is 0 Å². The van der Waals surface area contributed by atoms with Crippen molar-refractivity contribution in [1.82, 2.24) is 10.3 Å². The molecule has 0 fully saturated rings. The number of halogens is 1. The summed E-state index contributed by atoms with van der Waals surface area (Å²) in [6, 6.07) is 8.33. The molecule has 0 spiro atoms. The number of amides is 1. The summed E-state index contributed by atoms with van der Waals surface area (Å²) in [6.07, 6.45) is 1.50. The van der Waals surface area contributed by atoms with Gasteiger partial charge in [-0.2, -0.15) is 0 Å². The van der Waals surface area contributed by atoms with E-state index in [2.05, 4.69) is 10.3 Å². The van der Waals surface area contributed by atoms with Crippen LogP contribution in [0.4, 0.5) is 0 Å². The molecule has 1 amide bonds. The first-order valence-electron chi connectivity index (χ1n) is 6.69. The van der Waals surface area contributed by atoms with Crippen LogP contribution in [0.3, 0.4) is 0 Å². The Bertz CT molecular complexity index is 676. The Balaban J connectivity index is 2.18. The normalized spacial score (nSPS) is 11.6. The molecule has 0 aliphatic heterocycles. The number of carbonyl (C=O) groups is 1. The molecule has 0 aliphatic rings. The van der Waals surface area contributed by atoms with Crippen molar-refractivity contribution in [2.45, 2.75) is 13.0 Å². The van der Waals surface area contributed by atoms with Crippen LogP contribution in [0.15, 0.2) is 36.5 Å². The van der Waals surface area contributed by atoms with Gasteiger partial charge in [0, 0.05) is 22.8 Å². The van der Waals surface area contributed by atoms with Gasteiger partial charge in [0.1, 0.15) is 17.2 Å². The Morgan fingerprint density at radius 2 is 2.00 bits per heavy atom. The van der Waals surface area contributed by atoms with E-state index in [0.717, 1.165) is 5.56 Å². The second-order valence-corrected chi connectivity index (χ2v) is 5.10. The van der Waals surface area contributed by atoms with Crippen LogP contribution in [0.2, 0.25) is 5.02 Å². The summed E-state index contributed by atoms with van der Waals surface area (Å²) < 4.78 is 10.5. The number of aromatic nitrogens is 1. The maximum Gasteiger partial charge on any atom is 0.270 e. The van der Waals surface area contributed by atoms with Gasteiger partial charge >= 0.3 is 0 Å². The Kier molecular flexibility index (Phi) is 5.22. The Morgan fingerprint density at radius 3 is 2.64 bits per heavy atom. The van der Waals surface area contributed by atoms with Crippen LogP contribution in [0.25, 0.3) is 0 Å². The van der Waals surface area contributed by atoms with Gasteiger partial charge in [0.25, 0.3) is 5.91 Å². The first-order valence-corrected chi connectivity index (χ1v) is 7.07. The highest BCUT2D eigenvalue weighted by Gasteiger charge is 2.16. The van der Waals surface area contributed by atoms with Crippen molar-refractivity contribution in [3.05, 3.63) is 52.8 Å². The van der Waals surface area contributed by atoms with E-state index in [4.69, 9.17) is 21.1 Å². The lowest BCUT2D eigenvalue weighted by molar-refractivity contribution is 0.0934. The van der Waals surface area contributed by atoms with Gasteiger partial charge in [0.05, 0.1) is 20.3 Å². The van der Waals surface area contributed by atoms with Crippen molar-refractivity contribution in [2.75, 3.05) is 14.2 Å². The van der Waals surface area contributed by atoms with Crippen LogP contribution in [-0.4, -0.2) is 25.1 Å². The van der Waals surface area contributed by atoms with Crippen molar-refractivity contribution in [3.63, 3.8) is 0 Å². The molecular formula is C16H17ClN2O3. The Hall–Kier alpha value is -2.27. The highest BCUT2D eigenvalue weighted by molar-refractivity contribution is 6.30. The molecule has 5 nitrogen and oxygen atoms in total. The lowest BCUT2D eigenvalue weighted by Crippen LogP contribution is -2.27. The minimum atomic E-state index is -0.298. The molecule has 0 bridgehead atoms. The van der Waals surface area contributed by atoms with E-state index in [1.54, 1.807) is 26.4 Å². The third-order valence-corrected chi connectivity index (χ3v) is 3.44. The van der Waals surface area contributed by atoms with E-state index in [9.17, 15) is 4.79 Å². The molecule has 0 saturated heterocycles. The van der Waals surface area contributed by atoms with E-state index >= 15 is 0 Å². The van der Waals surface area contributed by atoms with Crippen LogP contribution in [0.1, 0.15) is 29.0 Å². The molecule has 1 heterocycles. The van der Waals surface area contributed by atoms with Crippen molar-refractivity contribution >= 4 is 17.5 Å². The average molecular weight is 321 g/mol. The van der Waals surface area contributed by atoms with Gasteiger partial charge in [-0.1, -0.05) is 11.6 Å². The van der Waals surface area contributed by atoms with Crippen molar-refractivity contribution in [2.24, 2.45) is 0 Å². The van der Waals surface area contributed by atoms with Gasteiger partial charge in [0.2, 0.25) is 0 Å². The number of methoxy groups -OCH3 is 2. The number of hydrogen-bond donors (Lipinski definition) is 1. The van der Waals surface area contributed by atoms with E-state index in [-0.39, 0.29) is 17.6 Å². The summed E-state index contributed by atoms with van der Waals surface area (Å²) in [5, 5.41) is 3.34. The standard InChI is InChI=1S/C16H17ClN2O3/c1-10(13-5-4-12(21-2)9-15(13)22-3)19-16(20)14-8-11(17)6-7-18-14/h4-10H,1-3H3,(H,19,20). The van der Waals surface area contributed by atoms with E-state index < -0.39 is 0 Å². The van der Waals surface area contributed by atoms with E-state index in [0.29, 0.717) is 16.5 Å². The lowest BCUT2D eigenvalue weighted by atomic mass is 10.1. The number of hydrogen-bond acceptors (Lipinski definition) is 4. The number of ether oxygens (including phenoxy) is 2. The largest absolute Gasteiger partial charge is 0.497 e. The number of benzene rings is 1. The van der Waals surface area contributed by atoms with Crippen molar-refractivity contribution in [3.8, 4) is 11.5 Å². The van der Waals surface area contributed by atoms with Gasteiger partial charge in [-0.15, -0.1) is 0 Å².